The van der Waals surface area contributed by atoms with Crippen LogP contribution in [-0.4, -0.2) is 49.1 Å². The van der Waals surface area contributed by atoms with Gasteiger partial charge in [-0.15, -0.1) is 0 Å². The van der Waals surface area contributed by atoms with Gasteiger partial charge in [0.05, 0.1) is 11.8 Å². The molecule has 5 heteroatoms. The first kappa shape index (κ1) is 14.0. The van der Waals surface area contributed by atoms with Gasteiger partial charge >= 0.3 is 5.97 Å². The predicted molar refractivity (Wildman–Crippen MR) is 64.6 cm³/mol. The summed E-state index contributed by atoms with van der Waals surface area (Å²) in [5, 5.41) is 12.1. The number of carbonyl (C=O) groups excluding carboxylic acids is 1. The fourth-order valence-corrected chi connectivity index (χ4v) is 2.39. The van der Waals surface area contributed by atoms with Gasteiger partial charge in [-0.1, -0.05) is 12.8 Å². The standard InChI is InChI=1S/C12H22N2O3/c1-13-7-8-14(2)11(15)9-5-3-4-6-10(9)12(16)17/h9-10,13H,3-8H2,1-2H3,(H,16,17)/t9-,10+/m1/s1. The average Bonchev–Trinajstić information content (AvgIpc) is 2.34. The molecule has 0 aromatic rings. The van der Waals surface area contributed by atoms with Crippen molar-refractivity contribution in [3.8, 4) is 0 Å². The molecule has 1 fully saturated rings. The molecular formula is C12H22N2O3. The maximum atomic E-state index is 12.2. The lowest BCUT2D eigenvalue weighted by Crippen LogP contribution is -2.42. The van der Waals surface area contributed by atoms with Crippen LogP contribution in [0.3, 0.4) is 0 Å². The van der Waals surface area contributed by atoms with Crippen LogP contribution in [0.2, 0.25) is 0 Å². The summed E-state index contributed by atoms with van der Waals surface area (Å²) < 4.78 is 0. The molecule has 0 spiro atoms. The normalized spacial score (nSPS) is 24.4. The van der Waals surface area contributed by atoms with E-state index in [9.17, 15) is 9.59 Å². The zero-order valence-electron chi connectivity index (χ0n) is 10.6. The van der Waals surface area contributed by atoms with E-state index in [4.69, 9.17) is 5.11 Å². The molecule has 0 aliphatic heterocycles. The van der Waals surface area contributed by atoms with Crippen molar-refractivity contribution in [1.29, 1.82) is 0 Å². The van der Waals surface area contributed by atoms with Crippen LogP contribution >= 0.6 is 0 Å². The summed E-state index contributed by atoms with van der Waals surface area (Å²) in [6.45, 7) is 1.35. The number of nitrogens with one attached hydrogen (secondary N) is 1. The first-order valence-electron chi connectivity index (χ1n) is 6.20. The van der Waals surface area contributed by atoms with Crippen LogP contribution in [0.25, 0.3) is 0 Å². The van der Waals surface area contributed by atoms with Gasteiger partial charge < -0.3 is 15.3 Å². The molecule has 0 bridgehead atoms. The molecule has 0 radical (unpaired) electrons. The number of likely N-dealkylation sites (N-methyl/N-ethyl adjacent to an activating group) is 2. The number of hydrogen-bond donors (Lipinski definition) is 2. The lowest BCUT2D eigenvalue weighted by Gasteiger charge is -2.31. The third kappa shape index (κ3) is 3.70. The number of amides is 1. The van der Waals surface area contributed by atoms with Gasteiger partial charge in [-0.3, -0.25) is 9.59 Å². The Hall–Kier alpha value is -1.10. The van der Waals surface area contributed by atoms with Gasteiger partial charge in [-0.25, -0.2) is 0 Å². The van der Waals surface area contributed by atoms with Crippen molar-refractivity contribution in [2.75, 3.05) is 27.2 Å². The fraction of sp³-hybridized carbons (Fsp3) is 0.833. The molecule has 1 aliphatic carbocycles. The van der Waals surface area contributed by atoms with E-state index in [1.165, 1.54) is 0 Å². The van der Waals surface area contributed by atoms with Gasteiger partial charge in [0.25, 0.3) is 0 Å². The highest BCUT2D eigenvalue weighted by molar-refractivity contribution is 5.84. The van der Waals surface area contributed by atoms with Crippen molar-refractivity contribution in [3.05, 3.63) is 0 Å². The zero-order chi connectivity index (χ0) is 12.8. The van der Waals surface area contributed by atoms with Crippen molar-refractivity contribution in [3.63, 3.8) is 0 Å². The molecule has 0 aromatic carbocycles. The second-order valence-corrected chi connectivity index (χ2v) is 4.70. The Morgan fingerprint density at radius 2 is 1.88 bits per heavy atom. The predicted octanol–water partition coefficient (Wildman–Crippen LogP) is 0.555. The van der Waals surface area contributed by atoms with Gasteiger partial charge in [-0.2, -0.15) is 0 Å². The highest BCUT2D eigenvalue weighted by Gasteiger charge is 2.36. The monoisotopic (exact) mass is 242 g/mol. The Morgan fingerprint density at radius 3 is 2.41 bits per heavy atom. The van der Waals surface area contributed by atoms with Gasteiger partial charge in [0, 0.05) is 20.1 Å². The highest BCUT2D eigenvalue weighted by atomic mass is 16.4. The van der Waals surface area contributed by atoms with Crippen molar-refractivity contribution < 1.29 is 14.7 Å². The van der Waals surface area contributed by atoms with E-state index < -0.39 is 11.9 Å². The SMILES string of the molecule is CNCCN(C)C(=O)[C@@H]1CCCC[C@@H]1C(=O)O. The van der Waals surface area contributed by atoms with Gasteiger partial charge in [0.2, 0.25) is 5.91 Å². The van der Waals surface area contributed by atoms with E-state index in [0.717, 1.165) is 19.4 Å². The summed E-state index contributed by atoms with van der Waals surface area (Å²) in [5.74, 6) is -1.67. The summed E-state index contributed by atoms with van der Waals surface area (Å²) in [7, 11) is 3.58. The van der Waals surface area contributed by atoms with E-state index in [1.807, 2.05) is 7.05 Å². The summed E-state index contributed by atoms with van der Waals surface area (Å²) in [6.07, 6.45) is 3.21. The van der Waals surface area contributed by atoms with Crippen LogP contribution in [0.4, 0.5) is 0 Å². The summed E-state index contributed by atoms with van der Waals surface area (Å²) >= 11 is 0. The summed E-state index contributed by atoms with van der Waals surface area (Å²) in [6, 6.07) is 0. The Bertz CT molecular complexity index is 281. The smallest absolute Gasteiger partial charge is 0.307 e. The van der Waals surface area contributed by atoms with Crippen LogP contribution in [0.15, 0.2) is 0 Å². The molecule has 0 heterocycles. The number of hydrogen-bond acceptors (Lipinski definition) is 3. The van der Waals surface area contributed by atoms with Crippen molar-refractivity contribution in [1.82, 2.24) is 10.2 Å². The Morgan fingerprint density at radius 1 is 1.29 bits per heavy atom. The lowest BCUT2D eigenvalue weighted by atomic mass is 9.78. The molecule has 1 amide bonds. The molecule has 17 heavy (non-hydrogen) atoms. The van der Waals surface area contributed by atoms with E-state index in [-0.39, 0.29) is 11.8 Å². The van der Waals surface area contributed by atoms with Gasteiger partial charge in [-0.05, 0) is 19.9 Å². The maximum absolute atomic E-state index is 12.2. The Balaban J connectivity index is 2.61. The molecule has 0 saturated heterocycles. The van der Waals surface area contributed by atoms with E-state index in [1.54, 1.807) is 11.9 Å². The summed E-state index contributed by atoms with van der Waals surface area (Å²) in [5.41, 5.74) is 0. The average molecular weight is 242 g/mol. The number of nitrogens with zero attached hydrogens (tertiary/aromatic N) is 1. The number of carboxylic acids is 1. The summed E-state index contributed by atoms with van der Waals surface area (Å²) in [4.78, 5) is 24.9. The van der Waals surface area contributed by atoms with Crippen LogP contribution in [0, 0.1) is 11.8 Å². The van der Waals surface area contributed by atoms with Gasteiger partial charge in [0.1, 0.15) is 0 Å². The second-order valence-electron chi connectivity index (χ2n) is 4.70. The Labute approximate surface area is 102 Å². The minimum atomic E-state index is -0.829. The third-order valence-electron chi connectivity index (χ3n) is 3.47. The maximum Gasteiger partial charge on any atom is 0.307 e. The number of carbonyl (C=O) groups is 2. The first-order valence-corrected chi connectivity index (χ1v) is 6.20. The van der Waals surface area contributed by atoms with E-state index >= 15 is 0 Å². The molecule has 0 unspecified atom stereocenters. The van der Waals surface area contributed by atoms with E-state index in [2.05, 4.69) is 5.32 Å². The number of carboxylic acid groups (broad SMARTS) is 1. The molecule has 0 aromatic heterocycles. The van der Waals surface area contributed by atoms with Crippen LogP contribution in [0.5, 0.6) is 0 Å². The minimum absolute atomic E-state index is 0.0210. The van der Waals surface area contributed by atoms with Crippen molar-refractivity contribution in [2.45, 2.75) is 25.7 Å². The minimum Gasteiger partial charge on any atom is -0.481 e. The van der Waals surface area contributed by atoms with Crippen LogP contribution < -0.4 is 5.32 Å². The quantitative estimate of drug-likeness (QED) is 0.739. The fourth-order valence-electron chi connectivity index (χ4n) is 2.39. The molecule has 1 aliphatic rings. The Kier molecular flexibility index (Phi) is 5.41. The molecular weight excluding hydrogens is 220 g/mol. The molecule has 5 nitrogen and oxygen atoms in total. The van der Waals surface area contributed by atoms with E-state index in [0.29, 0.717) is 19.4 Å². The zero-order valence-corrected chi connectivity index (χ0v) is 10.6. The van der Waals surface area contributed by atoms with Crippen molar-refractivity contribution >= 4 is 11.9 Å². The van der Waals surface area contributed by atoms with Crippen molar-refractivity contribution in [2.24, 2.45) is 11.8 Å². The molecule has 2 atom stereocenters. The molecule has 2 N–H and O–H groups in total. The van der Waals surface area contributed by atoms with Gasteiger partial charge in [0.15, 0.2) is 0 Å². The second kappa shape index (κ2) is 6.59. The lowest BCUT2D eigenvalue weighted by molar-refractivity contribution is -0.151. The molecule has 1 saturated carbocycles. The molecule has 98 valence electrons. The number of aliphatic carboxylic acids is 1. The van der Waals surface area contributed by atoms with Crippen LogP contribution in [-0.2, 0) is 9.59 Å². The topological polar surface area (TPSA) is 69.6 Å². The molecule has 1 rings (SSSR count). The first-order chi connectivity index (χ1) is 8.07. The third-order valence-corrected chi connectivity index (χ3v) is 3.47. The largest absolute Gasteiger partial charge is 0.481 e. The highest BCUT2D eigenvalue weighted by Crippen LogP contribution is 2.31. The van der Waals surface area contributed by atoms with Crippen LogP contribution in [0.1, 0.15) is 25.7 Å². The number of rotatable bonds is 5.